The molecule has 0 aliphatic rings. The average Bonchev–Trinajstić information content (AvgIpc) is 3.11. The van der Waals surface area contributed by atoms with Gasteiger partial charge in [-0.25, -0.2) is 4.79 Å². The molecule has 1 unspecified atom stereocenters. The van der Waals surface area contributed by atoms with Gasteiger partial charge in [-0.05, 0) is 36.6 Å². The first-order valence-corrected chi connectivity index (χ1v) is 11.8. The number of carbonyl (C=O) groups excluding carboxylic acids is 1. The minimum Gasteiger partial charge on any atom is -0.481 e. The van der Waals surface area contributed by atoms with E-state index >= 15 is 0 Å². The fourth-order valence-electron chi connectivity index (χ4n) is 4.11. The molecule has 1 amide bonds. The molecule has 0 aliphatic heterocycles. The molecule has 2 N–H and O–H groups in total. The summed E-state index contributed by atoms with van der Waals surface area (Å²) in [5, 5.41) is 16.8. The Morgan fingerprint density at radius 1 is 1.00 bits per heavy atom. The molecule has 4 aromatic rings. The van der Waals surface area contributed by atoms with Crippen LogP contribution in [-0.2, 0) is 23.0 Å². The molecule has 8 heteroatoms. The van der Waals surface area contributed by atoms with E-state index in [2.05, 4.69) is 10.4 Å². The van der Waals surface area contributed by atoms with Crippen LogP contribution in [0.5, 0.6) is 0 Å². The van der Waals surface area contributed by atoms with Gasteiger partial charge in [-0.15, -0.1) is 0 Å². The lowest BCUT2D eigenvalue weighted by atomic mass is 10.0. The molecule has 0 spiro atoms. The Labute approximate surface area is 214 Å². The number of amides is 1. The Hall–Kier alpha value is -4.10. The summed E-state index contributed by atoms with van der Waals surface area (Å²) in [6, 6.07) is 22.6. The highest BCUT2D eigenvalue weighted by molar-refractivity contribution is 6.31. The fourth-order valence-corrected chi connectivity index (χ4v) is 4.40. The number of aliphatic carboxylic acids is 1. The maximum Gasteiger partial charge on any atom is 0.412 e. The van der Waals surface area contributed by atoms with Crippen LogP contribution in [0.1, 0.15) is 29.8 Å². The third-order valence-electron chi connectivity index (χ3n) is 5.88. The molecule has 0 bridgehead atoms. The van der Waals surface area contributed by atoms with E-state index in [4.69, 9.17) is 21.4 Å². The van der Waals surface area contributed by atoms with Gasteiger partial charge >= 0.3 is 12.1 Å². The van der Waals surface area contributed by atoms with Crippen LogP contribution in [0.4, 0.5) is 10.5 Å². The third-order valence-corrected chi connectivity index (χ3v) is 6.22. The number of nitrogens with one attached hydrogen (secondary N) is 1. The number of carboxylic acids is 1. The summed E-state index contributed by atoms with van der Waals surface area (Å²) in [4.78, 5) is 23.6. The number of hydrogen-bond acceptors (Lipinski definition) is 4. The average molecular weight is 504 g/mol. The molecule has 1 aromatic heterocycles. The molecule has 0 saturated heterocycles. The zero-order valence-electron chi connectivity index (χ0n) is 20.2. The van der Waals surface area contributed by atoms with E-state index in [0.717, 1.165) is 33.5 Å². The predicted molar refractivity (Wildman–Crippen MR) is 140 cm³/mol. The second-order valence-electron chi connectivity index (χ2n) is 8.47. The van der Waals surface area contributed by atoms with Gasteiger partial charge in [-0.2, -0.15) is 5.10 Å². The van der Waals surface area contributed by atoms with Crippen molar-refractivity contribution in [1.29, 1.82) is 0 Å². The topological polar surface area (TPSA) is 93.5 Å². The standard InChI is InChI=1S/C28H26ClN3O4/c1-17-26(30-28(35)36-18(2)23-6-4-5-7-24(23)29)27(32(3)31-17)22-14-12-21(13-15-22)20-10-8-19(9-11-20)16-25(33)34/h4-15,18H,16H2,1-3H3,(H,30,35)(H,33,34). The fraction of sp³-hybridized carbons (Fsp3) is 0.179. The number of carboxylic acid groups (broad SMARTS) is 1. The van der Waals surface area contributed by atoms with E-state index in [-0.39, 0.29) is 6.42 Å². The zero-order chi connectivity index (χ0) is 25.8. The number of nitrogens with zero attached hydrogens (tertiary/aromatic N) is 2. The van der Waals surface area contributed by atoms with Crippen LogP contribution >= 0.6 is 11.6 Å². The van der Waals surface area contributed by atoms with E-state index in [1.165, 1.54) is 0 Å². The van der Waals surface area contributed by atoms with Crippen LogP contribution in [0.3, 0.4) is 0 Å². The van der Waals surface area contributed by atoms with Crippen LogP contribution in [0, 0.1) is 6.92 Å². The van der Waals surface area contributed by atoms with E-state index in [1.54, 1.807) is 17.7 Å². The first-order chi connectivity index (χ1) is 17.2. The maximum atomic E-state index is 12.7. The van der Waals surface area contributed by atoms with Crippen LogP contribution < -0.4 is 5.32 Å². The van der Waals surface area contributed by atoms with Gasteiger partial charge in [-0.1, -0.05) is 78.3 Å². The summed E-state index contributed by atoms with van der Waals surface area (Å²) in [7, 11) is 1.82. The molecular formula is C28H26ClN3O4. The Bertz CT molecular complexity index is 1400. The number of anilines is 1. The summed E-state index contributed by atoms with van der Waals surface area (Å²) in [6.45, 7) is 3.59. The van der Waals surface area contributed by atoms with Gasteiger partial charge in [0, 0.05) is 23.2 Å². The second kappa shape index (κ2) is 10.7. The van der Waals surface area contributed by atoms with E-state index in [0.29, 0.717) is 16.4 Å². The third kappa shape index (κ3) is 5.58. The van der Waals surface area contributed by atoms with Gasteiger partial charge < -0.3 is 9.84 Å². The molecule has 3 aromatic carbocycles. The van der Waals surface area contributed by atoms with Gasteiger partial charge in [0.1, 0.15) is 6.10 Å². The summed E-state index contributed by atoms with van der Waals surface area (Å²) in [5.41, 5.74) is 6.29. The number of ether oxygens (including phenoxy) is 1. The van der Waals surface area contributed by atoms with Crippen molar-refractivity contribution in [3.8, 4) is 22.4 Å². The molecule has 4 rings (SSSR count). The molecular weight excluding hydrogens is 478 g/mol. The van der Waals surface area contributed by atoms with Gasteiger partial charge in [0.15, 0.2) is 0 Å². The molecule has 7 nitrogen and oxygen atoms in total. The summed E-state index contributed by atoms with van der Waals surface area (Å²) in [5.74, 6) is -0.856. The molecule has 0 saturated carbocycles. The largest absolute Gasteiger partial charge is 0.481 e. The number of benzene rings is 3. The van der Waals surface area contributed by atoms with Crippen molar-refractivity contribution in [2.75, 3.05) is 5.32 Å². The van der Waals surface area contributed by atoms with Crippen molar-refractivity contribution in [3.05, 3.63) is 94.6 Å². The molecule has 0 fully saturated rings. The number of hydrogen-bond donors (Lipinski definition) is 2. The van der Waals surface area contributed by atoms with Gasteiger partial charge in [0.05, 0.1) is 23.5 Å². The van der Waals surface area contributed by atoms with Crippen molar-refractivity contribution in [3.63, 3.8) is 0 Å². The lowest BCUT2D eigenvalue weighted by Crippen LogP contribution is -2.17. The zero-order valence-corrected chi connectivity index (χ0v) is 20.9. The molecule has 1 heterocycles. The van der Waals surface area contributed by atoms with Crippen molar-refractivity contribution in [1.82, 2.24) is 9.78 Å². The van der Waals surface area contributed by atoms with Crippen molar-refractivity contribution >= 4 is 29.4 Å². The molecule has 1 atom stereocenters. The van der Waals surface area contributed by atoms with E-state index < -0.39 is 18.2 Å². The Morgan fingerprint density at radius 3 is 2.19 bits per heavy atom. The van der Waals surface area contributed by atoms with Crippen LogP contribution in [0.15, 0.2) is 72.8 Å². The Balaban J connectivity index is 1.53. The van der Waals surface area contributed by atoms with E-state index in [1.807, 2.05) is 80.7 Å². The van der Waals surface area contributed by atoms with Gasteiger partial charge in [0.2, 0.25) is 0 Å². The van der Waals surface area contributed by atoms with Gasteiger partial charge in [-0.3, -0.25) is 14.8 Å². The highest BCUT2D eigenvalue weighted by atomic mass is 35.5. The number of halogens is 1. The Kier molecular flexibility index (Phi) is 7.41. The quantitative estimate of drug-likeness (QED) is 0.294. The maximum absolute atomic E-state index is 12.7. The molecule has 36 heavy (non-hydrogen) atoms. The van der Waals surface area contributed by atoms with Crippen molar-refractivity contribution in [2.45, 2.75) is 26.4 Å². The summed E-state index contributed by atoms with van der Waals surface area (Å²) < 4.78 is 7.30. The number of rotatable bonds is 7. The highest BCUT2D eigenvalue weighted by Crippen LogP contribution is 2.33. The van der Waals surface area contributed by atoms with Gasteiger partial charge in [0.25, 0.3) is 0 Å². The van der Waals surface area contributed by atoms with Crippen LogP contribution in [0.2, 0.25) is 5.02 Å². The first-order valence-electron chi connectivity index (χ1n) is 11.4. The minimum absolute atomic E-state index is 0.00552. The van der Waals surface area contributed by atoms with E-state index in [9.17, 15) is 9.59 Å². The minimum atomic E-state index is -0.856. The number of aryl methyl sites for hydroxylation is 2. The molecule has 184 valence electrons. The molecule has 0 aliphatic carbocycles. The van der Waals surface area contributed by atoms with Crippen molar-refractivity contribution in [2.24, 2.45) is 7.05 Å². The summed E-state index contributed by atoms with van der Waals surface area (Å²) >= 11 is 6.23. The van der Waals surface area contributed by atoms with Crippen LogP contribution in [0.25, 0.3) is 22.4 Å². The smallest absolute Gasteiger partial charge is 0.412 e. The first kappa shape index (κ1) is 25.0. The molecule has 0 radical (unpaired) electrons. The number of carbonyl (C=O) groups is 2. The highest BCUT2D eigenvalue weighted by Gasteiger charge is 2.20. The Morgan fingerprint density at radius 2 is 1.58 bits per heavy atom. The summed E-state index contributed by atoms with van der Waals surface area (Å²) in [6.07, 6.45) is -1.13. The lowest BCUT2D eigenvalue weighted by Gasteiger charge is -2.16. The monoisotopic (exact) mass is 503 g/mol. The number of aromatic nitrogens is 2. The predicted octanol–water partition coefficient (Wildman–Crippen LogP) is 6.65. The normalized spacial score (nSPS) is 11.7. The second-order valence-corrected chi connectivity index (χ2v) is 8.88. The van der Waals surface area contributed by atoms with Crippen molar-refractivity contribution < 1.29 is 19.4 Å². The SMILES string of the molecule is Cc1nn(C)c(-c2ccc(-c3ccc(CC(=O)O)cc3)cc2)c1NC(=O)OC(C)c1ccccc1Cl. The van der Waals surface area contributed by atoms with Crippen LogP contribution in [-0.4, -0.2) is 26.9 Å². The lowest BCUT2D eigenvalue weighted by molar-refractivity contribution is -0.136.